The van der Waals surface area contributed by atoms with Crippen LogP contribution in [-0.2, 0) is 19.7 Å². The fraction of sp³-hybridized carbons (Fsp3) is 0.429. The maximum Gasteiger partial charge on any atom is 0.132 e. The molecule has 1 aromatic carbocycles. The van der Waals surface area contributed by atoms with Gasteiger partial charge in [0.2, 0.25) is 0 Å². The lowest BCUT2D eigenvalue weighted by atomic mass is 10.3. The van der Waals surface area contributed by atoms with Gasteiger partial charge in [-0.1, -0.05) is 5.21 Å². The zero-order valence-corrected chi connectivity index (χ0v) is 11.9. The second-order valence-electron chi connectivity index (χ2n) is 4.20. The molecule has 1 heterocycles. The highest BCUT2D eigenvalue weighted by Gasteiger charge is 2.11. The molecule has 108 valence electrons. The molecule has 0 bridgehead atoms. The molecule has 1 aromatic heterocycles. The zero-order chi connectivity index (χ0) is 14.4. The van der Waals surface area contributed by atoms with E-state index in [1.54, 1.807) is 4.68 Å². The van der Waals surface area contributed by atoms with Gasteiger partial charge in [0, 0.05) is 13.1 Å². The maximum absolute atomic E-state index is 5.76. The Labute approximate surface area is 118 Å². The number of hydrogen-bond donors (Lipinski definition) is 1. The van der Waals surface area contributed by atoms with Crippen LogP contribution in [0.15, 0.2) is 24.3 Å². The van der Waals surface area contributed by atoms with Gasteiger partial charge in [-0.15, -0.1) is 5.10 Å². The number of nitrogens with two attached hydrogens (primary N) is 1. The molecule has 0 atom stereocenters. The summed E-state index contributed by atoms with van der Waals surface area (Å²) in [5, 5.41) is 8.09. The van der Waals surface area contributed by atoms with Crippen LogP contribution in [0.3, 0.4) is 0 Å². The number of hydrogen-bond acceptors (Lipinski definition) is 5. The fourth-order valence-electron chi connectivity index (χ4n) is 1.89. The maximum atomic E-state index is 5.76. The van der Waals surface area contributed by atoms with E-state index in [9.17, 15) is 0 Å². The number of aryl methyl sites for hydroxylation is 1. The summed E-state index contributed by atoms with van der Waals surface area (Å²) >= 11 is 0. The molecule has 6 heteroatoms. The van der Waals surface area contributed by atoms with Gasteiger partial charge in [0.15, 0.2) is 0 Å². The molecule has 0 radical (unpaired) electrons. The molecule has 0 saturated carbocycles. The molecule has 0 aliphatic heterocycles. The Kier molecular flexibility index (Phi) is 4.95. The van der Waals surface area contributed by atoms with Gasteiger partial charge in [0.05, 0.1) is 6.61 Å². The van der Waals surface area contributed by atoms with Crippen LogP contribution >= 0.6 is 0 Å². The van der Waals surface area contributed by atoms with E-state index in [0.29, 0.717) is 19.8 Å². The summed E-state index contributed by atoms with van der Waals surface area (Å²) in [6.45, 7) is 6.13. The molecule has 0 spiro atoms. The topological polar surface area (TPSA) is 75.2 Å². The Balaban J connectivity index is 2.02. The van der Waals surface area contributed by atoms with E-state index < -0.39 is 0 Å². The lowest BCUT2D eigenvalue weighted by Crippen LogP contribution is -2.09. The smallest absolute Gasteiger partial charge is 0.132 e. The lowest BCUT2D eigenvalue weighted by Gasteiger charge is -2.09. The van der Waals surface area contributed by atoms with Gasteiger partial charge < -0.3 is 15.2 Å². The first kappa shape index (κ1) is 14.3. The van der Waals surface area contributed by atoms with Crippen molar-refractivity contribution in [3.63, 3.8) is 0 Å². The van der Waals surface area contributed by atoms with Gasteiger partial charge in [0.25, 0.3) is 0 Å². The van der Waals surface area contributed by atoms with E-state index >= 15 is 0 Å². The highest BCUT2D eigenvalue weighted by atomic mass is 16.5. The number of benzene rings is 1. The molecule has 0 aliphatic carbocycles. The number of rotatable bonds is 7. The van der Waals surface area contributed by atoms with Crippen molar-refractivity contribution in [3.05, 3.63) is 35.7 Å². The van der Waals surface area contributed by atoms with Crippen LogP contribution in [0.4, 0.5) is 0 Å². The number of ether oxygens (including phenoxy) is 2. The van der Waals surface area contributed by atoms with Crippen molar-refractivity contribution in [1.29, 1.82) is 0 Å². The van der Waals surface area contributed by atoms with Crippen LogP contribution in [-0.4, -0.2) is 21.6 Å². The van der Waals surface area contributed by atoms with Crippen LogP contribution in [0.2, 0.25) is 0 Å². The molecular formula is C14H20N4O2. The van der Waals surface area contributed by atoms with Crippen molar-refractivity contribution < 1.29 is 9.47 Å². The Morgan fingerprint density at radius 2 is 1.75 bits per heavy atom. The van der Waals surface area contributed by atoms with E-state index in [0.717, 1.165) is 29.4 Å². The van der Waals surface area contributed by atoms with Crippen LogP contribution < -0.4 is 15.2 Å². The van der Waals surface area contributed by atoms with E-state index in [1.165, 1.54) is 0 Å². The quantitative estimate of drug-likeness (QED) is 0.833. The zero-order valence-electron chi connectivity index (χ0n) is 11.9. The first-order valence-electron chi connectivity index (χ1n) is 6.75. The summed E-state index contributed by atoms with van der Waals surface area (Å²) in [5.41, 5.74) is 7.35. The summed E-state index contributed by atoms with van der Waals surface area (Å²) in [7, 11) is 0. The first-order chi connectivity index (χ1) is 9.78. The van der Waals surface area contributed by atoms with Gasteiger partial charge in [-0.2, -0.15) is 0 Å². The number of aromatic nitrogens is 3. The van der Waals surface area contributed by atoms with Crippen molar-refractivity contribution in [2.24, 2.45) is 5.73 Å². The molecule has 2 aromatic rings. The molecular weight excluding hydrogens is 256 g/mol. The molecule has 0 amide bonds. The third kappa shape index (κ3) is 3.27. The highest BCUT2D eigenvalue weighted by molar-refractivity contribution is 5.31. The predicted molar refractivity (Wildman–Crippen MR) is 75.5 cm³/mol. The van der Waals surface area contributed by atoms with Gasteiger partial charge in [-0.3, -0.25) is 0 Å². The Morgan fingerprint density at radius 1 is 1.10 bits per heavy atom. The Hall–Kier alpha value is -2.08. The minimum absolute atomic E-state index is 0.363. The molecule has 0 unspecified atom stereocenters. The summed E-state index contributed by atoms with van der Waals surface area (Å²) in [5.74, 6) is 1.61. The average Bonchev–Trinajstić information content (AvgIpc) is 2.89. The largest absolute Gasteiger partial charge is 0.494 e. The summed E-state index contributed by atoms with van der Waals surface area (Å²) < 4.78 is 12.9. The molecule has 2 N–H and O–H groups in total. The lowest BCUT2D eigenvalue weighted by molar-refractivity contribution is 0.289. The Bertz CT molecular complexity index is 515. The fourth-order valence-corrected chi connectivity index (χ4v) is 1.89. The molecule has 0 aliphatic rings. The average molecular weight is 276 g/mol. The third-order valence-electron chi connectivity index (χ3n) is 2.92. The van der Waals surface area contributed by atoms with E-state index in [-0.39, 0.29) is 0 Å². The van der Waals surface area contributed by atoms with Crippen LogP contribution in [0.1, 0.15) is 25.2 Å². The second kappa shape index (κ2) is 6.91. The van der Waals surface area contributed by atoms with Gasteiger partial charge in [-0.05, 0) is 38.1 Å². The van der Waals surface area contributed by atoms with Crippen LogP contribution in [0.25, 0.3) is 0 Å². The van der Waals surface area contributed by atoms with Crippen molar-refractivity contribution in [2.75, 3.05) is 6.61 Å². The standard InChI is InChI=1S/C14H20N4O2/c1-3-18-14(13(9-15)16-17-18)10-20-12-7-5-11(6-8-12)19-4-2/h5-8H,3-4,9-10,15H2,1-2H3. The van der Waals surface area contributed by atoms with E-state index in [4.69, 9.17) is 15.2 Å². The summed E-state index contributed by atoms with van der Waals surface area (Å²) in [6, 6.07) is 7.54. The monoisotopic (exact) mass is 276 g/mol. The predicted octanol–water partition coefficient (Wildman–Crippen LogP) is 1.73. The third-order valence-corrected chi connectivity index (χ3v) is 2.92. The highest BCUT2D eigenvalue weighted by Crippen LogP contribution is 2.19. The van der Waals surface area contributed by atoms with Crippen LogP contribution in [0, 0.1) is 0 Å². The molecule has 0 fully saturated rings. The molecule has 6 nitrogen and oxygen atoms in total. The van der Waals surface area contributed by atoms with Crippen molar-refractivity contribution in [3.8, 4) is 11.5 Å². The van der Waals surface area contributed by atoms with Crippen molar-refractivity contribution in [1.82, 2.24) is 15.0 Å². The minimum Gasteiger partial charge on any atom is -0.494 e. The molecule has 2 rings (SSSR count). The molecule has 0 saturated heterocycles. The minimum atomic E-state index is 0.363. The van der Waals surface area contributed by atoms with Crippen LogP contribution in [0.5, 0.6) is 11.5 Å². The first-order valence-corrected chi connectivity index (χ1v) is 6.75. The number of nitrogens with zero attached hydrogens (tertiary/aromatic N) is 3. The normalized spacial score (nSPS) is 10.6. The van der Waals surface area contributed by atoms with Crippen molar-refractivity contribution in [2.45, 2.75) is 33.5 Å². The van der Waals surface area contributed by atoms with Gasteiger partial charge in [0.1, 0.15) is 29.5 Å². The Morgan fingerprint density at radius 3 is 2.30 bits per heavy atom. The summed E-state index contributed by atoms with van der Waals surface area (Å²) in [6.07, 6.45) is 0. The SMILES string of the molecule is CCOc1ccc(OCc2c(CN)nnn2CC)cc1. The molecule has 20 heavy (non-hydrogen) atoms. The van der Waals surface area contributed by atoms with E-state index in [2.05, 4.69) is 10.3 Å². The van der Waals surface area contributed by atoms with Gasteiger partial charge in [-0.25, -0.2) is 4.68 Å². The summed E-state index contributed by atoms with van der Waals surface area (Å²) in [4.78, 5) is 0. The van der Waals surface area contributed by atoms with Gasteiger partial charge >= 0.3 is 0 Å². The van der Waals surface area contributed by atoms with Crippen molar-refractivity contribution >= 4 is 0 Å². The second-order valence-corrected chi connectivity index (χ2v) is 4.20. The van der Waals surface area contributed by atoms with E-state index in [1.807, 2.05) is 38.1 Å².